The summed E-state index contributed by atoms with van der Waals surface area (Å²) >= 11 is 0. The van der Waals surface area contributed by atoms with Crippen molar-refractivity contribution in [3.63, 3.8) is 0 Å². The Kier molecular flexibility index (Phi) is 6.54. The fraction of sp³-hybridized carbons (Fsp3) is 0.350. The van der Waals surface area contributed by atoms with Gasteiger partial charge >= 0.3 is 6.18 Å². The molecule has 1 aliphatic heterocycles. The molecule has 0 radical (unpaired) electrons. The summed E-state index contributed by atoms with van der Waals surface area (Å²) in [6.45, 7) is -2.13. The van der Waals surface area contributed by atoms with E-state index in [0.717, 1.165) is 37.4 Å². The van der Waals surface area contributed by atoms with Crippen molar-refractivity contribution >= 4 is 17.4 Å². The third-order valence-corrected chi connectivity index (χ3v) is 4.74. The van der Waals surface area contributed by atoms with E-state index in [2.05, 4.69) is 20.0 Å². The Hall–Kier alpha value is -3.35. The molecule has 33 heavy (non-hydrogen) atoms. The van der Waals surface area contributed by atoms with Gasteiger partial charge in [-0.3, -0.25) is 9.79 Å². The Morgan fingerprint density at radius 1 is 1.30 bits per heavy atom. The lowest BCUT2D eigenvalue weighted by molar-refractivity contribution is -0.153. The monoisotopic (exact) mass is 476 g/mol. The predicted molar refractivity (Wildman–Crippen MR) is 105 cm³/mol. The number of ether oxygens (including phenoxy) is 2. The van der Waals surface area contributed by atoms with E-state index in [-0.39, 0.29) is 18.1 Å². The number of benzene rings is 1. The van der Waals surface area contributed by atoms with Gasteiger partial charge in [0.2, 0.25) is 0 Å². The molecule has 3 rings (SSSR count). The molecule has 1 amide bonds. The summed E-state index contributed by atoms with van der Waals surface area (Å²) in [5.74, 6) is -6.43. The summed E-state index contributed by atoms with van der Waals surface area (Å²) in [5, 5.41) is 2.29. The topological polar surface area (TPSA) is 98.8 Å². The van der Waals surface area contributed by atoms with Gasteiger partial charge in [-0.15, -0.1) is 0 Å². The summed E-state index contributed by atoms with van der Waals surface area (Å²) < 4.78 is 91.0. The smallest absolute Gasteiger partial charge is 0.422 e. The van der Waals surface area contributed by atoms with Gasteiger partial charge in [-0.25, -0.2) is 18.2 Å². The van der Waals surface area contributed by atoms with Gasteiger partial charge in [0.25, 0.3) is 11.8 Å². The average molecular weight is 476 g/mol. The first-order chi connectivity index (χ1) is 15.3. The van der Waals surface area contributed by atoms with E-state index in [9.17, 15) is 31.1 Å². The summed E-state index contributed by atoms with van der Waals surface area (Å²) in [6, 6.07) is 5.22. The van der Waals surface area contributed by atoms with Gasteiger partial charge in [-0.2, -0.15) is 13.2 Å². The number of carbonyl (C=O) groups is 1. The van der Waals surface area contributed by atoms with Crippen LogP contribution in [0.25, 0.3) is 0 Å². The number of carbonyl (C=O) groups excluding carboxylic acids is 1. The zero-order valence-electron chi connectivity index (χ0n) is 17.0. The number of hydrogen-bond donors (Lipinski definition) is 2. The van der Waals surface area contributed by atoms with Crippen molar-refractivity contribution in [2.45, 2.75) is 24.6 Å². The minimum atomic E-state index is -4.65. The number of rotatable bonds is 5. The molecular weight excluding hydrogens is 458 g/mol. The highest BCUT2D eigenvalue weighted by molar-refractivity contribution is 6.04. The highest BCUT2D eigenvalue weighted by Gasteiger charge is 2.54. The molecule has 1 atom stereocenters. The Morgan fingerprint density at radius 3 is 2.73 bits per heavy atom. The van der Waals surface area contributed by atoms with Crippen molar-refractivity contribution < 1.29 is 40.6 Å². The van der Waals surface area contributed by atoms with Gasteiger partial charge in [0.1, 0.15) is 24.9 Å². The van der Waals surface area contributed by atoms with Crippen LogP contribution in [-0.2, 0) is 10.3 Å². The van der Waals surface area contributed by atoms with Crippen LogP contribution >= 0.6 is 0 Å². The van der Waals surface area contributed by atoms with Gasteiger partial charge in [0.15, 0.2) is 23.6 Å². The normalized spacial score (nSPS) is 20.5. The molecule has 178 valence electrons. The third kappa shape index (κ3) is 5.35. The first-order valence-electron chi connectivity index (χ1n) is 9.38. The highest BCUT2D eigenvalue weighted by atomic mass is 19.4. The number of amidine groups is 1. The maximum absolute atomic E-state index is 14.8. The SMILES string of the molecule is CC1(c2cc(NC(=O)c3ncccc3OCC(F)(F)F)ccc2F)N=C(N)COCC1(F)F. The van der Waals surface area contributed by atoms with Crippen molar-refractivity contribution in [1.29, 1.82) is 0 Å². The van der Waals surface area contributed by atoms with Gasteiger partial charge < -0.3 is 20.5 Å². The minimum absolute atomic E-state index is 0.139. The van der Waals surface area contributed by atoms with Crippen molar-refractivity contribution in [1.82, 2.24) is 4.98 Å². The van der Waals surface area contributed by atoms with Crippen molar-refractivity contribution in [2.75, 3.05) is 25.1 Å². The molecule has 13 heteroatoms. The number of nitrogens with one attached hydrogen (secondary N) is 1. The quantitative estimate of drug-likeness (QED) is 0.642. The van der Waals surface area contributed by atoms with Crippen LogP contribution in [0.4, 0.5) is 32.0 Å². The number of nitrogens with two attached hydrogens (primary N) is 1. The summed E-state index contributed by atoms with van der Waals surface area (Å²) in [5.41, 5.74) is 1.93. The third-order valence-electron chi connectivity index (χ3n) is 4.74. The molecular formula is C20H18F6N4O3. The van der Waals surface area contributed by atoms with E-state index in [1.807, 2.05) is 0 Å². The number of alkyl halides is 5. The highest BCUT2D eigenvalue weighted by Crippen LogP contribution is 2.44. The zero-order chi connectivity index (χ0) is 24.4. The molecule has 1 aromatic heterocycles. The number of aromatic nitrogens is 1. The Bertz CT molecular complexity index is 1080. The lowest BCUT2D eigenvalue weighted by Gasteiger charge is -2.33. The van der Waals surface area contributed by atoms with Crippen LogP contribution < -0.4 is 15.8 Å². The Balaban J connectivity index is 1.93. The maximum atomic E-state index is 14.8. The van der Waals surface area contributed by atoms with Crippen LogP contribution in [0.15, 0.2) is 41.5 Å². The van der Waals surface area contributed by atoms with E-state index < -0.39 is 59.6 Å². The summed E-state index contributed by atoms with van der Waals surface area (Å²) in [6.07, 6.45) is -3.50. The number of nitrogens with zero attached hydrogens (tertiary/aromatic N) is 2. The first kappa shape index (κ1) is 24.3. The van der Waals surface area contributed by atoms with Crippen molar-refractivity contribution in [2.24, 2.45) is 10.7 Å². The Labute approximate surface area is 183 Å². The maximum Gasteiger partial charge on any atom is 0.422 e. The van der Waals surface area contributed by atoms with E-state index in [1.54, 1.807) is 0 Å². The van der Waals surface area contributed by atoms with Crippen molar-refractivity contribution in [3.05, 3.63) is 53.6 Å². The largest absolute Gasteiger partial charge is 0.482 e. The van der Waals surface area contributed by atoms with E-state index in [1.165, 1.54) is 6.07 Å². The lowest BCUT2D eigenvalue weighted by Crippen LogP contribution is -2.45. The lowest BCUT2D eigenvalue weighted by atomic mass is 9.85. The number of hydrogen-bond acceptors (Lipinski definition) is 6. The van der Waals surface area contributed by atoms with Crippen LogP contribution in [0.5, 0.6) is 5.75 Å². The fourth-order valence-electron chi connectivity index (χ4n) is 3.09. The second kappa shape index (κ2) is 8.89. The number of anilines is 1. The van der Waals surface area contributed by atoms with Gasteiger partial charge in [-0.1, -0.05) is 0 Å². The molecule has 2 aromatic rings. The average Bonchev–Trinajstić information content (AvgIpc) is 2.82. The second-order valence-electron chi connectivity index (χ2n) is 7.28. The van der Waals surface area contributed by atoms with Crippen LogP contribution in [0.2, 0.25) is 0 Å². The molecule has 0 bridgehead atoms. The van der Waals surface area contributed by atoms with Gasteiger partial charge in [-0.05, 0) is 37.3 Å². The van der Waals surface area contributed by atoms with Crippen LogP contribution in [-0.4, -0.2) is 48.6 Å². The molecule has 7 nitrogen and oxygen atoms in total. The number of pyridine rings is 1. The summed E-state index contributed by atoms with van der Waals surface area (Å²) in [4.78, 5) is 20.1. The molecule has 2 heterocycles. The molecule has 0 saturated carbocycles. The standard InChI is InChI=1S/C20H18F6N4O3/c1-18(19(22,23)9-32-8-15(27)30-18)12-7-11(4-5-13(12)21)29-17(31)16-14(3-2-6-28-16)33-10-20(24,25)26/h2-7H,8-10H2,1H3,(H2,27,30)(H,29,31). The van der Waals surface area contributed by atoms with Crippen LogP contribution in [0.3, 0.4) is 0 Å². The van der Waals surface area contributed by atoms with Gasteiger partial charge in [0.05, 0.1) is 0 Å². The molecule has 3 N–H and O–H groups in total. The van der Waals surface area contributed by atoms with Crippen molar-refractivity contribution in [3.8, 4) is 5.75 Å². The molecule has 0 saturated heterocycles. The second-order valence-corrected chi connectivity index (χ2v) is 7.28. The Morgan fingerprint density at radius 2 is 2.03 bits per heavy atom. The number of amides is 1. The number of halogens is 6. The molecule has 1 aliphatic rings. The van der Waals surface area contributed by atoms with Crippen LogP contribution in [0, 0.1) is 5.82 Å². The number of aliphatic imine (C=N–C) groups is 1. The van der Waals surface area contributed by atoms with Gasteiger partial charge in [0, 0.05) is 17.4 Å². The van der Waals surface area contributed by atoms with E-state index in [4.69, 9.17) is 10.5 Å². The first-order valence-corrected chi connectivity index (χ1v) is 9.38. The minimum Gasteiger partial charge on any atom is -0.482 e. The zero-order valence-corrected chi connectivity index (χ0v) is 17.0. The molecule has 1 unspecified atom stereocenters. The molecule has 1 aromatic carbocycles. The predicted octanol–water partition coefficient (Wildman–Crippen LogP) is 3.65. The van der Waals surface area contributed by atoms with E-state index in [0.29, 0.717) is 0 Å². The fourth-order valence-corrected chi connectivity index (χ4v) is 3.09. The summed E-state index contributed by atoms with van der Waals surface area (Å²) in [7, 11) is 0. The molecule has 0 aliphatic carbocycles. The van der Waals surface area contributed by atoms with Crippen LogP contribution in [0.1, 0.15) is 23.0 Å². The molecule has 0 fully saturated rings. The van der Waals surface area contributed by atoms with E-state index >= 15 is 0 Å². The molecule has 0 spiro atoms.